The first-order valence-corrected chi connectivity index (χ1v) is 14.1. The molecule has 0 radical (unpaired) electrons. The lowest BCUT2D eigenvalue weighted by Crippen LogP contribution is -2.45. The molecule has 0 fully saturated rings. The summed E-state index contributed by atoms with van der Waals surface area (Å²) in [5.74, 6) is 1.02. The number of rotatable bonds is 4. The van der Waals surface area contributed by atoms with Gasteiger partial charge in [0.05, 0.1) is 11.4 Å². The van der Waals surface area contributed by atoms with Crippen LogP contribution in [0.5, 0.6) is 17.2 Å². The van der Waals surface area contributed by atoms with Gasteiger partial charge in [-0.05, 0) is 68.4 Å². The molecule has 8 nitrogen and oxygen atoms in total. The van der Waals surface area contributed by atoms with E-state index < -0.39 is 17.5 Å². The van der Waals surface area contributed by atoms with E-state index >= 15 is 0 Å². The Balaban J connectivity index is 1.33. The first-order valence-electron chi connectivity index (χ1n) is 13.3. The Morgan fingerprint density at radius 3 is 2.68 bits per heavy atom. The minimum Gasteiger partial charge on any atom is -0.488 e. The van der Waals surface area contributed by atoms with Crippen molar-refractivity contribution in [3.63, 3.8) is 0 Å². The monoisotopic (exact) mass is 612 g/mol. The zero-order valence-electron chi connectivity index (χ0n) is 22.3. The summed E-state index contributed by atoms with van der Waals surface area (Å²) < 4.78 is 18.6. The van der Waals surface area contributed by atoms with Crippen LogP contribution in [0.1, 0.15) is 39.5 Å². The van der Waals surface area contributed by atoms with Crippen molar-refractivity contribution < 1.29 is 28.9 Å². The largest absolute Gasteiger partial charge is 0.488 e. The van der Waals surface area contributed by atoms with Crippen molar-refractivity contribution in [3.8, 4) is 28.5 Å². The molecule has 0 aliphatic carbocycles. The lowest BCUT2D eigenvalue weighted by molar-refractivity contribution is -0.121. The quantitative estimate of drug-likeness (QED) is 0.311. The Morgan fingerprint density at radius 2 is 1.85 bits per heavy atom. The number of halogens is 1. The van der Waals surface area contributed by atoms with Crippen LogP contribution < -0.4 is 19.1 Å². The van der Waals surface area contributed by atoms with E-state index in [4.69, 9.17) is 19.2 Å². The molecule has 0 unspecified atom stereocenters. The van der Waals surface area contributed by atoms with Crippen molar-refractivity contribution in [2.45, 2.75) is 32.2 Å². The number of aliphatic hydroxyl groups is 1. The standard InChI is InChI=1S/C32H25BrN2O6/c1-3-35-24-7-5-18(12-27(24)40-16-28(35)36)30(37)31-32(38,23-13-21(33)6-9-26(23)41-31)20-11-19-15-39-25-8-4-17(2)10-22(25)29(19)34-14-20/h4-14,31,38H,3,15-16H2,1-2H3/t31-,32+/m1/s1. The second-order valence-corrected chi connectivity index (χ2v) is 11.3. The molecule has 3 aromatic carbocycles. The van der Waals surface area contributed by atoms with Crippen LogP contribution in [0.2, 0.25) is 0 Å². The summed E-state index contributed by atoms with van der Waals surface area (Å²) >= 11 is 3.50. The zero-order valence-corrected chi connectivity index (χ0v) is 23.9. The van der Waals surface area contributed by atoms with Gasteiger partial charge in [-0.3, -0.25) is 14.6 Å². The van der Waals surface area contributed by atoms with E-state index in [9.17, 15) is 14.7 Å². The third-order valence-corrected chi connectivity index (χ3v) is 8.39. The minimum absolute atomic E-state index is 0.104. The molecule has 7 rings (SSSR count). The summed E-state index contributed by atoms with van der Waals surface area (Å²) in [5.41, 5.74) is 3.48. The second kappa shape index (κ2) is 9.43. The van der Waals surface area contributed by atoms with Gasteiger partial charge >= 0.3 is 0 Å². The van der Waals surface area contributed by atoms with Crippen molar-refractivity contribution >= 4 is 33.3 Å². The molecule has 2 atom stereocenters. The van der Waals surface area contributed by atoms with Crippen molar-refractivity contribution in [1.82, 2.24) is 4.98 Å². The number of amides is 1. The van der Waals surface area contributed by atoms with Gasteiger partial charge in [-0.15, -0.1) is 0 Å². The van der Waals surface area contributed by atoms with Crippen LogP contribution in [0.3, 0.4) is 0 Å². The maximum atomic E-state index is 14.1. The van der Waals surface area contributed by atoms with Crippen LogP contribution in [-0.2, 0) is 17.0 Å². The topological polar surface area (TPSA) is 98.2 Å². The van der Waals surface area contributed by atoms with Crippen molar-refractivity contribution in [2.24, 2.45) is 0 Å². The Bertz CT molecular complexity index is 1770. The molecule has 1 aromatic heterocycles. The van der Waals surface area contributed by atoms with Gasteiger partial charge in [0, 0.05) is 45.0 Å². The van der Waals surface area contributed by atoms with Crippen LogP contribution >= 0.6 is 15.9 Å². The number of ketones is 1. The number of carbonyl (C=O) groups excluding carboxylic acids is 2. The molecular formula is C32H25BrN2O6. The highest BCUT2D eigenvalue weighted by Gasteiger charge is 2.53. The smallest absolute Gasteiger partial charge is 0.265 e. The highest BCUT2D eigenvalue weighted by molar-refractivity contribution is 9.10. The van der Waals surface area contributed by atoms with Crippen molar-refractivity contribution in [1.29, 1.82) is 0 Å². The molecule has 0 bridgehead atoms. The van der Waals surface area contributed by atoms with E-state index in [0.717, 1.165) is 32.6 Å². The van der Waals surface area contributed by atoms with E-state index in [1.54, 1.807) is 47.5 Å². The number of fused-ring (bicyclic) bond motifs is 5. The number of likely N-dealkylation sites (N-methyl/N-ethyl adjacent to an activating group) is 1. The van der Waals surface area contributed by atoms with Crippen molar-refractivity contribution in [3.05, 3.63) is 99.2 Å². The van der Waals surface area contributed by atoms with E-state index in [-0.39, 0.29) is 19.1 Å². The fraction of sp³-hybridized carbons (Fsp3) is 0.219. The molecule has 41 heavy (non-hydrogen) atoms. The maximum absolute atomic E-state index is 14.1. The Labute approximate surface area is 244 Å². The predicted octanol–water partition coefficient (Wildman–Crippen LogP) is 5.34. The van der Waals surface area contributed by atoms with Crippen LogP contribution in [0.15, 0.2) is 71.3 Å². The van der Waals surface area contributed by atoms with E-state index in [2.05, 4.69) is 15.9 Å². The second-order valence-electron chi connectivity index (χ2n) is 10.4. The van der Waals surface area contributed by atoms with Crippen LogP contribution in [0.25, 0.3) is 11.3 Å². The maximum Gasteiger partial charge on any atom is 0.265 e. The molecule has 3 aliphatic heterocycles. The number of carbonyl (C=O) groups is 2. The highest BCUT2D eigenvalue weighted by atomic mass is 79.9. The summed E-state index contributed by atoms with van der Waals surface area (Å²) in [7, 11) is 0. The summed E-state index contributed by atoms with van der Waals surface area (Å²) in [5, 5.41) is 12.5. The number of aromatic nitrogens is 1. The third-order valence-electron chi connectivity index (χ3n) is 7.90. The number of benzene rings is 3. The number of Topliss-reactive ketones (excluding diaryl/α,β-unsaturated/α-hetero) is 1. The van der Waals surface area contributed by atoms with Crippen LogP contribution in [0, 0.1) is 6.92 Å². The lowest BCUT2D eigenvalue weighted by atomic mass is 9.80. The average Bonchev–Trinajstić information content (AvgIpc) is 3.28. The number of hydrogen-bond acceptors (Lipinski definition) is 7. The summed E-state index contributed by atoms with van der Waals surface area (Å²) in [4.78, 5) is 32.7. The SMILES string of the molecule is CCN1C(=O)COc2cc(C(=O)[C@H]3Oc4ccc(Br)cc4[C@@]3(O)c3cnc4c(c3)COc3ccc(C)cc3-4)ccc21. The van der Waals surface area contributed by atoms with Gasteiger partial charge in [0.1, 0.15) is 23.9 Å². The molecule has 0 spiro atoms. The molecule has 4 heterocycles. The number of pyridine rings is 1. The normalized spacial score (nSPS) is 20.1. The van der Waals surface area contributed by atoms with Gasteiger partial charge in [-0.1, -0.05) is 27.6 Å². The zero-order chi connectivity index (χ0) is 28.5. The van der Waals surface area contributed by atoms with Gasteiger partial charge in [-0.25, -0.2) is 0 Å². The molecule has 1 amide bonds. The van der Waals surface area contributed by atoms with Gasteiger partial charge in [0.25, 0.3) is 5.91 Å². The van der Waals surface area contributed by atoms with Gasteiger partial charge < -0.3 is 24.2 Å². The third kappa shape index (κ3) is 3.94. The molecule has 0 saturated heterocycles. The lowest BCUT2D eigenvalue weighted by Gasteiger charge is -2.31. The Kier molecular flexibility index (Phi) is 5.92. The molecule has 9 heteroatoms. The number of ether oxygens (including phenoxy) is 3. The number of anilines is 1. The van der Waals surface area contributed by atoms with Crippen LogP contribution in [-0.4, -0.2) is 41.0 Å². The van der Waals surface area contributed by atoms with Gasteiger partial charge in [0.2, 0.25) is 5.78 Å². The van der Waals surface area contributed by atoms with E-state index in [1.165, 1.54) is 0 Å². The fourth-order valence-electron chi connectivity index (χ4n) is 5.84. The highest BCUT2D eigenvalue weighted by Crippen LogP contribution is 2.49. The van der Waals surface area contributed by atoms with Crippen LogP contribution in [0.4, 0.5) is 5.69 Å². The molecule has 3 aliphatic rings. The number of hydrogen-bond donors (Lipinski definition) is 1. The predicted molar refractivity (Wildman–Crippen MR) is 155 cm³/mol. The first-order chi connectivity index (χ1) is 19.8. The average molecular weight is 613 g/mol. The van der Waals surface area contributed by atoms with E-state index in [0.29, 0.717) is 40.4 Å². The number of nitrogens with zero attached hydrogens (tertiary/aromatic N) is 2. The molecular weight excluding hydrogens is 588 g/mol. The molecule has 206 valence electrons. The van der Waals surface area contributed by atoms with E-state index in [1.807, 2.05) is 38.1 Å². The number of aryl methyl sites for hydroxylation is 1. The van der Waals surface area contributed by atoms with Crippen molar-refractivity contribution in [2.75, 3.05) is 18.1 Å². The fourth-order valence-corrected chi connectivity index (χ4v) is 6.20. The Hall–Kier alpha value is -4.21. The molecule has 4 aromatic rings. The molecule has 0 saturated carbocycles. The van der Waals surface area contributed by atoms with Gasteiger partial charge in [0.15, 0.2) is 18.3 Å². The minimum atomic E-state index is -1.84. The summed E-state index contributed by atoms with van der Waals surface area (Å²) in [6.45, 7) is 4.55. The van der Waals surface area contributed by atoms with Gasteiger partial charge in [-0.2, -0.15) is 0 Å². The Morgan fingerprint density at radius 1 is 1.05 bits per heavy atom. The summed E-state index contributed by atoms with van der Waals surface area (Å²) in [6.07, 6.45) is 0.313. The summed E-state index contributed by atoms with van der Waals surface area (Å²) in [6, 6.07) is 18.0. The first kappa shape index (κ1) is 25.7. The molecule has 1 N–H and O–H groups in total.